The number of allylic oxidation sites excluding steroid dienone is 1. The van der Waals surface area contributed by atoms with E-state index in [-0.39, 0.29) is 18.4 Å². The lowest BCUT2D eigenvalue weighted by Crippen LogP contribution is -1.96. The van der Waals surface area contributed by atoms with Gasteiger partial charge in [0.25, 0.3) is 0 Å². The fraction of sp³-hybridized carbons (Fsp3) is 0.250. The van der Waals surface area contributed by atoms with Crippen LogP contribution in [0.3, 0.4) is 0 Å². The number of carboxylic acids is 1. The van der Waals surface area contributed by atoms with Gasteiger partial charge in [0.1, 0.15) is 5.94 Å². The number of carbonyl (C=O) groups excluding carboxylic acids is 1. The summed E-state index contributed by atoms with van der Waals surface area (Å²) in [6.45, 7) is 0. The van der Waals surface area contributed by atoms with E-state index in [1.807, 2.05) is 0 Å². The molecule has 0 radical (unpaired) electrons. The Morgan fingerprint density at radius 3 is 2.79 bits per heavy atom. The molecule has 0 aliphatic rings. The highest BCUT2D eigenvalue weighted by Crippen LogP contribution is 2.20. The summed E-state index contributed by atoms with van der Waals surface area (Å²) in [5.41, 5.74) is 6.05. The van der Waals surface area contributed by atoms with E-state index in [0.717, 1.165) is 0 Å². The number of aliphatic carboxylic acids is 1. The Morgan fingerprint density at radius 1 is 1.64 bits per heavy atom. The zero-order chi connectivity index (χ0) is 10.6. The number of carbonyl (C=O) groups is 1. The number of hydrogen-bond donors (Lipinski definition) is 2. The number of hydrogen-bond acceptors (Lipinski definition) is 5. The lowest BCUT2D eigenvalue weighted by Gasteiger charge is -1.95. The smallest absolute Gasteiger partial charge is 0.303 e. The number of nitrogens with two attached hydrogens (primary N) is 1. The Labute approximate surface area is 83.9 Å². The van der Waals surface area contributed by atoms with E-state index in [9.17, 15) is 9.59 Å². The van der Waals surface area contributed by atoms with Gasteiger partial charge in [-0.05, 0) is 6.42 Å². The lowest BCUT2D eigenvalue weighted by atomic mass is 10.1. The Morgan fingerprint density at radius 2 is 2.36 bits per heavy atom. The van der Waals surface area contributed by atoms with Crippen molar-refractivity contribution in [2.45, 2.75) is 12.8 Å². The van der Waals surface area contributed by atoms with Crippen LogP contribution in [0, 0.1) is 0 Å². The van der Waals surface area contributed by atoms with Crippen molar-refractivity contribution in [3.05, 3.63) is 11.1 Å². The molecule has 5 nitrogen and oxygen atoms in total. The van der Waals surface area contributed by atoms with Gasteiger partial charge in [-0.25, -0.2) is 9.78 Å². The van der Waals surface area contributed by atoms with Crippen LogP contribution in [0.1, 0.15) is 18.5 Å². The molecule has 0 fully saturated rings. The van der Waals surface area contributed by atoms with Crippen LogP contribution in [0.5, 0.6) is 0 Å². The van der Waals surface area contributed by atoms with Crippen molar-refractivity contribution in [2.75, 3.05) is 5.73 Å². The van der Waals surface area contributed by atoms with Gasteiger partial charge in [-0.2, -0.15) is 0 Å². The summed E-state index contributed by atoms with van der Waals surface area (Å²) < 4.78 is 0. The van der Waals surface area contributed by atoms with Gasteiger partial charge in [-0.1, -0.05) is 0 Å². The Balaban J connectivity index is 2.74. The maximum atomic E-state index is 10.5. The normalized spacial score (nSPS) is 9.43. The Bertz CT molecular complexity index is 393. The number of rotatable bonds is 4. The molecule has 1 aromatic rings. The van der Waals surface area contributed by atoms with Crippen LogP contribution in [-0.4, -0.2) is 22.0 Å². The first kappa shape index (κ1) is 10.4. The third-order valence-corrected chi connectivity index (χ3v) is 2.22. The molecule has 1 heterocycles. The molecule has 0 saturated carbocycles. The second-order valence-electron chi connectivity index (χ2n) is 2.55. The lowest BCUT2D eigenvalue weighted by molar-refractivity contribution is -0.136. The Kier molecular flexibility index (Phi) is 3.39. The number of anilines is 1. The minimum Gasteiger partial charge on any atom is -0.481 e. The number of nitrogen functional groups attached to an aromatic ring is 1. The quantitative estimate of drug-likeness (QED) is 0.720. The highest BCUT2D eigenvalue weighted by atomic mass is 32.1. The fourth-order valence-corrected chi connectivity index (χ4v) is 1.47. The second-order valence-corrected chi connectivity index (χ2v) is 3.44. The average Bonchev–Trinajstić information content (AvgIpc) is 2.53. The maximum absolute atomic E-state index is 10.5. The molecule has 1 rings (SSSR count). The molecule has 0 aliphatic heterocycles. The van der Waals surface area contributed by atoms with Gasteiger partial charge in [0.05, 0.1) is 17.7 Å². The zero-order valence-corrected chi connectivity index (χ0v) is 8.00. The predicted molar refractivity (Wildman–Crippen MR) is 52.5 cm³/mol. The highest BCUT2D eigenvalue weighted by Gasteiger charge is 2.09. The van der Waals surface area contributed by atoms with Crippen LogP contribution in [-0.2, 0) is 9.59 Å². The topological polar surface area (TPSA) is 93.3 Å². The van der Waals surface area contributed by atoms with E-state index in [4.69, 9.17) is 10.8 Å². The van der Waals surface area contributed by atoms with E-state index in [2.05, 4.69) is 4.98 Å². The van der Waals surface area contributed by atoms with Gasteiger partial charge in [-0.3, -0.25) is 4.79 Å². The number of thiazole rings is 1. The predicted octanol–water partition coefficient (Wildman–Crippen LogP) is 0.805. The monoisotopic (exact) mass is 212 g/mol. The average molecular weight is 212 g/mol. The van der Waals surface area contributed by atoms with Crippen molar-refractivity contribution in [3.63, 3.8) is 0 Å². The molecule has 1 aromatic heterocycles. The molecule has 74 valence electrons. The summed E-state index contributed by atoms with van der Waals surface area (Å²) in [5.74, 6) is 0.722. The van der Waals surface area contributed by atoms with Gasteiger partial charge in [-0.15, -0.1) is 11.3 Å². The summed E-state index contributed by atoms with van der Waals surface area (Å²) in [6.07, 6.45) is 0.0179. The molecule has 3 N–H and O–H groups in total. The van der Waals surface area contributed by atoms with E-state index >= 15 is 0 Å². The first-order chi connectivity index (χ1) is 6.63. The molecule has 0 bridgehead atoms. The molecule has 0 aromatic carbocycles. The summed E-state index contributed by atoms with van der Waals surface area (Å²) in [7, 11) is 0. The summed E-state index contributed by atoms with van der Waals surface area (Å²) in [6, 6.07) is 0. The van der Waals surface area contributed by atoms with E-state index in [0.29, 0.717) is 10.8 Å². The van der Waals surface area contributed by atoms with E-state index < -0.39 is 5.97 Å². The molecular weight excluding hydrogens is 204 g/mol. The molecule has 0 unspecified atom stereocenters. The molecule has 14 heavy (non-hydrogen) atoms. The van der Waals surface area contributed by atoms with E-state index in [1.165, 1.54) is 11.3 Å². The highest BCUT2D eigenvalue weighted by molar-refractivity contribution is 7.13. The van der Waals surface area contributed by atoms with Crippen molar-refractivity contribution in [1.29, 1.82) is 0 Å². The fourth-order valence-electron chi connectivity index (χ4n) is 0.890. The molecule has 6 heteroatoms. The molecule has 0 spiro atoms. The van der Waals surface area contributed by atoms with Crippen molar-refractivity contribution in [2.24, 2.45) is 0 Å². The van der Waals surface area contributed by atoms with Crippen LogP contribution in [0.15, 0.2) is 5.38 Å². The number of aromatic nitrogens is 1. The third kappa shape index (κ3) is 2.69. The first-order valence-electron chi connectivity index (χ1n) is 3.80. The molecule has 0 saturated heterocycles. The van der Waals surface area contributed by atoms with Crippen molar-refractivity contribution >= 4 is 34.0 Å². The molecule has 0 atom stereocenters. The van der Waals surface area contributed by atoms with Crippen LogP contribution in [0.25, 0.3) is 5.57 Å². The minimum absolute atomic E-state index is 0.109. The van der Waals surface area contributed by atoms with Crippen molar-refractivity contribution < 1.29 is 14.7 Å². The standard InChI is InChI=1S/C8H8N2O3S/c9-8-10-6(4-14-8)5(3-11)1-2-7(12)13/h4H,1-2H2,(H2,9,10)(H,12,13). The van der Waals surface area contributed by atoms with Crippen LogP contribution < -0.4 is 5.73 Å². The minimum atomic E-state index is -0.957. The largest absolute Gasteiger partial charge is 0.481 e. The van der Waals surface area contributed by atoms with Gasteiger partial charge in [0.2, 0.25) is 0 Å². The van der Waals surface area contributed by atoms with Gasteiger partial charge in [0.15, 0.2) is 5.13 Å². The summed E-state index contributed by atoms with van der Waals surface area (Å²) >= 11 is 1.20. The second kappa shape index (κ2) is 4.55. The maximum Gasteiger partial charge on any atom is 0.303 e. The van der Waals surface area contributed by atoms with Crippen molar-refractivity contribution in [1.82, 2.24) is 4.98 Å². The number of carboxylic acid groups (broad SMARTS) is 1. The van der Waals surface area contributed by atoms with Crippen molar-refractivity contribution in [3.8, 4) is 0 Å². The first-order valence-corrected chi connectivity index (χ1v) is 4.68. The molecule has 0 aliphatic carbocycles. The molecule has 0 amide bonds. The third-order valence-electron chi connectivity index (χ3n) is 1.54. The molecular formula is C8H8N2O3S. The Hall–Kier alpha value is -1.65. The van der Waals surface area contributed by atoms with Gasteiger partial charge in [0, 0.05) is 5.38 Å². The van der Waals surface area contributed by atoms with Crippen LogP contribution in [0.2, 0.25) is 0 Å². The summed E-state index contributed by atoms with van der Waals surface area (Å²) in [4.78, 5) is 24.6. The SMILES string of the molecule is Nc1nc(C(=C=O)CCC(=O)O)cs1. The van der Waals surface area contributed by atoms with Crippen LogP contribution in [0.4, 0.5) is 5.13 Å². The van der Waals surface area contributed by atoms with Crippen LogP contribution >= 0.6 is 11.3 Å². The van der Waals surface area contributed by atoms with Gasteiger partial charge >= 0.3 is 5.97 Å². The zero-order valence-electron chi connectivity index (χ0n) is 7.19. The number of nitrogens with zero attached hydrogens (tertiary/aromatic N) is 1. The van der Waals surface area contributed by atoms with Gasteiger partial charge < -0.3 is 10.8 Å². The van der Waals surface area contributed by atoms with E-state index in [1.54, 1.807) is 11.3 Å². The summed E-state index contributed by atoms with van der Waals surface area (Å²) in [5, 5.41) is 10.4.